The first kappa shape index (κ1) is 20.9. The molecule has 0 aliphatic carbocycles. The van der Waals surface area contributed by atoms with Gasteiger partial charge >= 0.3 is 5.97 Å². The molecule has 3 aromatic rings. The lowest BCUT2D eigenvalue weighted by atomic mass is 10.1. The lowest BCUT2D eigenvalue weighted by Gasteiger charge is -2.37. The van der Waals surface area contributed by atoms with E-state index >= 15 is 0 Å². The van der Waals surface area contributed by atoms with E-state index in [4.69, 9.17) is 16.6 Å². The molecule has 2 aromatic carbocycles. The number of carbonyl (C=O) groups excluding carboxylic acids is 1. The van der Waals surface area contributed by atoms with Crippen LogP contribution < -0.4 is 15.1 Å². The van der Waals surface area contributed by atoms with Crippen molar-refractivity contribution in [3.63, 3.8) is 0 Å². The van der Waals surface area contributed by atoms with Gasteiger partial charge in [-0.1, -0.05) is 24.6 Å². The van der Waals surface area contributed by atoms with Gasteiger partial charge in [-0.2, -0.15) is 0 Å². The SMILES string of the molecule is CCC(=O)Nc1ccc2nc(N3CCN(c4cccc(Cl)c4)CC3)cc(C(=O)O)c2c1. The highest BCUT2D eigenvalue weighted by Crippen LogP contribution is 2.28. The van der Waals surface area contributed by atoms with Gasteiger partial charge in [0.25, 0.3) is 0 Å². The van der Waals surface area contributed by atoms with Crippen molar-refractivity contribution in [2.45, 2.75) is 13.3 Å². The molecule has 4 rings (SSSR count). The maximum absolute atomic E-state index is 12.0. The molecule has 1 aromatic heterocycles. The van der Waals surface area contributed by atoms with Gasteiger partial charge in [0, 0.05) is 54.4 Å². The second kappa shape index (κ2) is 8.81. The van der Waals surface area contributed by atoms with Gasteiger partial charge < -0.3 is 20.2 Å². The molecule has 7 nitrogen and oxygen atoms in total. The molecule has 160 valence electrons. The lowest BCUT2D eigenvalue weighted by Crippen LogP contribution is -2.46. The quantitative estimate of drug-likeness (QED) is 0.619. The van der Waals surface area contributed by atoms with E-state index in [1.165, 1.54) is 0 Å². The average molecular weight is 439 g/mol. The van der Waals surface area contributed by atoms with Crippen molar-refractivity contribution in [1.82, 2.24) is 4.98 Å². The van der Waals surface area contributed by atoms with E-state index in [0.29, 0.717) is 46.9 Å². The number of hydrogen-bond donors (Lipinski definition) is 2. The molecule has 0 atom stereocenters. The van der Waals surface area contributed by atoms with E-state index in [1.807, 2.05) is 24.3 Å². The summed E-state index contributed by atoms with van der Waals surface area (Å²) in [6.07, 6.45) is 0.349. The first-order valence-electron chi connectivity index (χ1n) is 10.2. The molecule has 0 bridgehead atoms. The molecule has 2 N–H and O–H groups in total. The molecule has 1 aliphatic heterocycles. The van der Waals surface area contributed by atoms with Crippen LogP contribution in [-0.4, -0.2) is 48.1 Å². The fourth-order valence-electron chi connectivity index (χ4n) is 3.74. The summed E-state index contributed by atoms with van der Waals surface area (Å²) in [5, 5.41) is 13.8. The fourth-order valence-corrected chi connectivity index (χ4v) is 3.93. The summed E-state index contributed by atoms with van der Waals surface area (Å²) >= 11 is 6.11. The Kier molecular flexibility index (Phi) is 5.95. The third-order valence-electron chi connectivity index (χ3n) is 5.41. The first-order chi connectivity index (χ1) is 14.9. The molecule has 0 spiro atoms. The summed E-state index contributed by atoms with van der Waals surface area (Å²) in [6, 6.07) is 14.5. The van der Waals surface area contributed by atoms with E-state index < -0.39 is 5.97 Å². The Bertz CT molecular complexity index is 1140. The van der Waals surface area contributed by atoms with Crippen molar-refractivity contribution >= 4 is 51.6 Å². The van der Waals surface area contributed by atoms with E-state index in [9.17, 15) is 14.7 Å². The first-order valence-corrected chi connectivity index (χ1v) is 10.6. The number of amides is 1. The van der Waals surface area contributed by atoms with Crippen molar-refractivity contribution in [2.75, 3.05) is 41.3 Å². The van der Waals surface area contributed by atoms with Crippen LogP contribution in [0.25, 0.3) is 10.9 Å². The smallest absolute Gasteiger partial charge is 0.336 e. The molecule has 0 saturated carbocycles. The Morgan fingerprint density at radius 1 is 1.06 bits per heavy atom. The number of fused-ring (bicyclic) bond motifs is 1. The van der Waals surface area contributed by atoms with Crippen molar-refractivity contribution in [1.29, 1.82) is 0 Å². The highest BCUT2D eigenvalue weighted by molar-refractivity contribution is 6.30. The number of piperazine rings is 1. The zero-order valence-corrected chi connectivity index (χ0v) is 17.9. The van der Waals surface area contributed by atoms with Gasteiger partial charge in [0.2, 0.25) is 5.91 Å². The van der Waals surface area contributed by atoms with Crippen LogP contribution in [-0.2, 0) is 4.79 Å². The molecular weight excluding hydrogens is 416 g/mol. The number of carbonyl (C=O) groups is 2. The minimum Gasteiger partial charge on any atom is -0.478 e. The summed E-state index contributed by atoms with van der Waals surface area (Å²) in [4.78, 5) is 32.7. The van der Waals surface area contributed by atoms with Crippen LogP contribution in [0.2, 0.25) is 5.02 Å². The maximum Gasteiger partial charge on any atom is 0.336 e. The van der Waals surface area contributed by atoms with Gasteiger partial charge in [0.05, 0.1) is 11.1 Å². The van der Waals surface area contributed by atoms with E-state index in [1.54, 1.807) is 31.2 Å². The van der Waals surface area contributed by atoms with Gasteiger partial charge in [-0.25, -0.2) is 9.78 Å². The Morgan fingerprint density at radius 2 is 1.81 bits per heavy atom. The number of anilines is 3. The summed E-state index contributed by atoms with van der Waals surface area (Å²) < 4.78 is 0. The summed E-state index contributed by atoms with van der Waals surface area (Å²) in [7, 11) is 0. The van der Waals surface area contributed by atoms with Crippen molar-refractivity contribution in [3.05, 3.63) is 59.1 Å². The predicted octanol–water partition coefficient (Wildman–Crippen LogP) is 4.26. The Hall–Kier alpha value is -3.32. The van der Waals surface area contributed by atoms with Gasteiger partial charge in [-0.3, -0.25) is 4.79 Å². The van der Waals surface area contributed by atoms with Gasteiger partial charge in [-0.15, -0.1) is 0 Å². The zero-order chi connectivity index (χ0) is 22.0. The normalized spacial score (nSPS) is 14.0. The number of carboxylic acid groups (broad SMARTS) is 1. The maximum atomic E-state index is 12.0. The molecule has 1 fully saturated rings. The third-order valence-corrected chi connectivity index (χ3v) is 5.64. The number of pyridine rings is 1. The highest BCUT2D eigenvalue weighted by atomic mass is 35.5. The average Bonchev–Trinajstić information content (AvgIpc) is 2.78. The molecule has 2 heterocycles. The monoisotopic (exact) mass is 438 g/mol. The van der Waals surface area contributed by atoms with Crippen LogP contribution in [0.15, 0.2) is 48.5 Å². The number of nitrogens with one attached hydrogen (secondary N) is 1. The summed E-state index contributed by atoms with van der Waals surface area (Å²) in [5.41, 5.74) is 2.39. The van der Waals surface area contributed by atoms with Crippen LogP contribution in [0.5, 0.6) is 0 Å². The molecule has 0 unspecified atom stereocenters. The molecule has 1 aliphatic rings. The minimum absolute atomic E-state index is 0.127. The van der Waals surface area contributed by atoms with Crippen molar-refractivity contribution in [2.24, 2.45) is 0 Å². The molecule has 0 radical (unpaired) electrons. The molecule has 1 amide bonds. The van der Waals surface area contributed by atoms with Gasteiger partial charge in [-0.05, 0) is 42.5 Å². The van der Waals surface area contributed by atoms with Crippen LogP contribution in [0, 0.1) is 0 Å². The zero-order valence-electron chi connectivity index (χ0n) is 17.1. The fraction of sp³-hybridized carbons (Fsp3) is 0.261. The van der Waals surface area contributed by atoms with Crippen molar-refractivity contribution < 1.29 is 14.7 Å². The number of benzene rings is 2. The number of hydrogen-bond acceptors (Lipinski definition) is 5. The van der Waals surface area contributed by atoms with Gasteiger partial charge in [0.1, 0.15) is 5.82 Å². The Labute approximate surface area is 185 Å². The lowest BCUT2D eigenvalue weighted by molar-refractivity contribution is -0.115. The highest BCUT2D eigenvalue weighted by Gasteiger charge is 2.21. The second-order valence-electron chi connectivity index (χ2n) is 7.42. The number of nitrogens with zero attached hydrogens (tertiary/aromatic N) is 3. The molecule has 8 heteroatoms. The number of rotatable bonds is 5. The number of halogens is 1. The number of aromatic nitrogens is 1. The topological polar surface area (TPSA) is 85.8 Å². The molecule has 31 heavy (non-hydrogen) atoms. The second-order valence-corrected chi connectivity index (χ2v) is 7.86. The standard InChI is InChI=1S/C23H23ClN4O3/c1-2-22(29)25-16-6-7-20-18(13-16)19(23(30)31)14-21(26-20)28-10-8-27(9-11-28)17-5-3-4-15(24)12-17/h3-7,12-14H,2,8-11H2,1H3,(H,25,29)(H,30,31). The van der Waals surface area contributed by atoms with Crippen LogP contribution in [0.3, 0.4) is 0 Å². The van der Waals surface area contributed by atoms with Crippen molar-refractivity contribution in [3.8, 4) is 0 Å². The minimum atomic E-state index is -1.02. The van der Waals surface area contributed by atoms with E-state index in [2.05, 4.69) is 15.1 Å². The number of carboxylic acids is 1. The molecular formula is C23H23ClN4O3. The van der Waals surface area contributed by atoms with E-state index in [-0.39, 0.29) is 11.5 Å². The Balaban J connectivity index is 1.59. The van der Waals surface area contributed by atoms with Crippen LogP contribution >= 0.6 is 11.6 Å². The Morgan fingerprint density at radius 3 is 2.48 bits per heavy atom. The van der Waals surface area contributed by atoms with E-state index in [0.717, 1.165) is 18.8 Å². The largest absolute Gasteiger partial charge is 0.478 e. The van der Waals surface area contributed by atoms with Crippen LogP contribution in [0.4, 0.5) is 17.2 Å². The van der Waals surface area contributed by atoms with Crippen LogP contribution in [0.1, 0.15) is 23.7 Å². The predicted molar refractivity (Wildman–Crippen MR) is 124 cm³/mol. The molecule has 1 saturated heterocycles. The number of aromatic carboxylic acids is 1. The summed E-state index contributed by atoms with van der Waals surface area (Å²) in [6.45, 7) is 4.76. The van der Waals surface area contributed by atoms with Gasteiger partial charge in [0.15, 0.2) is 0 Å². The summed E-state index contributed by atoms with van der Waals surface area (Å²) in [5.74, 6) is -0.510. The third kappa shape index (κ3) is 4.56.